The second kappa shape index (κ2) is 8.34. The Morgan fingerprint density at radius 1 is 1.22 bits per heavy atom. The number of hydrogen-bond acceptors (Lipinski definition) is 5. The highest BCUT2D eigenvalue weighted by molar-refractivity contribution is 7.99. The molecule has 0 saturated carbocycles. The van der Waals surface area contributed by atoms with Crippen LogP contribution in [0.2, 0.25) is 0 Å². The largest absolute Gasteiger partial charge is 0.355 e. The highest BCUT2D eigenvalue weighted by atomic mass is 32.2. The number of benzene rings is 1. The SMILES string of the molecule is CC(C)CCNC(=O)CSc1nnc2c(=O)n(-c3ccc(F)cc3)ccn12. The van der Waals surface area contributed by atoms with Crippen LogP contribution in [0, 0.1) is 11.7 Å². The summed E-state index contributed by atoms with van der Waals surface area (Å²) < 4.78 is 16.0. The summed E-state index contributed by atoms with van der Waals surface area (Å²) in [6.45, 7) is 4.84. The van der Waals surface area contributed by atoms with Crippen LogP contribution in [0.4, 0.5) is 4.39 Å². The molecule has 0 spiro atoms. The summed E-state index contributed by atoms with van der Waals surface area (Å²) in [6, 6.07) is 5.60. The molecule has 0 aliphatic heterocycles. The molecule has 0 bridgehead atoms. The number of nitrogens with zero attached hydrogens (tertiary/aromatic N) is 4. The van der Waals surface area contributed by atoms with E-state index in [1.807, 2.05) is 0 Å². The summed E-state index contributed by atoms with van der Waals surface area (Å²) in [5.41, 5.74) is 0.306. The fourth-order valence-corrected chi connectivity index (χ4v) is 3.20. The van der Waals surface area contributed by atoms with Crippen LogP contribution in [0.5, 0.6) is 0 Å². The Balaban J connectivity index is 1.74. The van der Waals surface area contributed by atoms with Crippen LogP contribution < -0.4 is 10.9 Å². The van der Waals surface area contributed by atoms with Gasteiger partial charge in [-0.3, -0.25) is 18.6 Å². The Kier molecular flexibility index (Phi) is 5.90. The van der Waals surface area contributed by atoms with E-state index >= 15 is 0 Å². The van der Waals surface area contributed by atoms with Crippen molar-refractivity contribution < 1.29 is 9.18 Å². The van der Waals surface area contributed by atoms with Gasteiger partial charge in [-0.1, -0.05) is 25.6 Å². The van der Waals surface area contributed by atoms with Crippen molar-refractivity contribution in [1.82, 2.24) is 24.5 Å². The molecule has 27 heavy (non-hydrogen) atoms. The number of hydrogen-bond donors (Lipinski definition) is 1. The molecule has 1 N–H and O–H groups in total. The smallest absolute Gasteiger partial charge is 0.300 e. The van der Waals surface area contributed by atoms with Gasteiger partial charge in [0.05, 0.1) is 5.75 Å². The van der Waals surface area contributed by atoms with E-state index in [2.05, 4.69) is 29.4 Å². The molecule has 7 nitrogen and oxygen atoms in total. The molecular formula is C18H20FN5O2S. The number of rotatable bonds is 7. The average molecular weight is 389 g/mol. The second-order valence-electron chi connectivity index (χ2n) is 6.45. The van der Waals surface area contributed by atoms with Gasteiger partial charge in [-0.25, -0.2) is 4.39 Å². The van der Waals surface area contributed by atoms with Crippen molar-refractivity contribution in [3.63, 3.8) is 0 Å². The normalized spacial score (nSPS) is 11.3. The monoisotopic (exact) mass is 389 g/mol. The molecule has 142 valence electrons. The number of carbonyl (C=O) groups excluding carboxylic acids is 1. The second-order valence-corrected chi connectivity index (χ2v) is 7.39. The van der Waals surface area contributed by atoms with E-state index in [0.717, 1.165) is 6.42 Å². The minimum Gasteiger partial charge on any atom is -0.355 e. The van der Waals surface area contributed by atoms with Gasteiger partial charge >= 0.3 is 5.56 Å². The molecular weight excluding hydrogens is 369 g/mol. The van der Waals surface area contributed by atoms with Crippen LogP contribution >= 0.6 is 11.8 Å². The fourth-order valence-electron chi connectivity index (χ4n) is 2.45. The van der Waals surface area contributed by atoms with Crippen LogP contribution in [0.25, 0.3) is 11.3 Å². The number of nitrogens with one attached hydrogen (secondary N) is 1. The van der Waals surface area contributed by atoms with Gasteiger partial charge in [0.25, 0.3) is 0 Å². The van der Waals surface area contributed by atoms with Crippen LogP contribution in [0.3, 0.4) is 0 Å². The van der Waals surface area contributed by atoms with E-state index in [9.17, 15) is 14.0 Å². The van der Waals surface area contributed by atoms with E-state index in [4.69, 9.17) is 0 Å². The van der Waals surface area contributed by atoms with Crippen molar-refractivity contribution in [3.05, 3.63) is 52.8 Å². The van der Waals surface area contributed by atoms with Crippen LogP contribution in [0.15, 0.2) is 46.6 Å². The van der Waals surface area contributed by atoms with Crippen LogP contribution in [0.1, 0.15) is 20.3 Å². The fraction of sp³-hybridized carbons (Fsp3) is 0.333. The Morgan fingerprint density at radius 3 is 2.67 bits per heavy atom. The maximum absolute atomic E-state index is 13.1. The molecule has 1 amide bonds. The van der Waals surface area contributed by atoms with Gasteiger partial charge in [-0.2, -0.15) is 0 Å². The lowest BCUT2D eigenvalue weighted by molar-refractivity contribution is -0.118. The van der Waals surface area contributed by atoms with Gasteiger partial charge in [0.1, 0.15) is 5.82 Å². The van der Waals surface area contributed by atoms with Gasteiger partial charge in [0.2, 0.25) is 11.6 Å². The predicted molar refractivity (Wildman–Crippen MR) is 102 cm³/mol. The first-order valence-electron chi connectivity index (χ1n) is 8.57. The lowest BCUT2D eigenvalue weighted by atomic mass is 10.1. The van der Waals surface area contributed by atoms with Crippen molar-refractivity contribution in [1.29, 1.82) is 0 Å². The number of amides is 1. The van der Waals surface area contributed by atoms with E-state index in [-0.39, 0.29) is 28.7 Å². The van der Waals surface area contributed by atoms with Crippen molar-refractivity contribution in [2.24, 2.45) is 5.92 Å². The third-order valence-electron chi connectivity index (χ3n) is 3.92. The maximum atomic E-state index is 13.1. The standard InChI is InChI=1S/C18H20FN5O2S/c1-12(2)7-8-20-15(25)11-27-18-22-21-16-17(26)23(9-10-24(16)18)14-5-3-13(19)4-6-14/h3-6,9-10,12H,7-8,11H2,1-2H3,(H,20,25). The first kappa shape index (κ1) is 19.1. The van der Waals surface area contributed by atoms with Crippen molar-refractivity contribution in [2.45, 2.75) is 25.4 Å². The molecule has 0 fully saturated rings. The van der Waals surface area contributed by atoms with Crippen LogP contribution in [-0.4, -0.2) is 37.4 Å². The quantitative estimate of drug-likeness (QED) is 0.627. The van der Waals surface area contributed by atoms with Gasteiger partial charge in [0, 0.05) is 24.6 Å². The number of fused-ring (bicyclic) bond motifs is 1. The third-order valence-corrected chi connectivity index (χ3v) is 4.86. The molecule has 2 aromatic heterocycles. The minimum absolute atomic E-state index is 0.0861. The summed E-state index contributed by atoms with van der Waals surface area (Å²) in [6.07, 6.45) is 4.14. The minimum atomic E-state index is -0.374. The molecule has 9 heteroatoms. The molecule has 3 rings (SSSR count). The highest BCUT2D eigenvalue weighted by Crippen LogP contribution is 2.16. The zero-order valence-corrected chi connectivity index (χ0v) is 15.9. The average Bonchev–Trinajstić information content (AvgIpc) is 3.05. The zero-order chi connectivity index (χ0) is 19.4. The number of thioether (sulfide) groups is 1. The Morgan fingerprint density at radius 2 is 1.96 bits per heavy atom. The number of aromatic nitrogens is 4. The Labute approximate surface area is 159 Å². The summed E-state index contributed by atoms with van der Waals surface area (Å²) in [7, 11) is 0. The third kappa shape index (κ3) is 4.54. The topological polar surface area (TPSA) is 81.3 Å². The van der Waals surface area contributed by atoms with E-state index in [0.29, 0.717) is 23.3 Å². The summed E-state index contributed by atoms with van der Waals surface area (Å²) >= 11 is 1.22. The van der Waals surface area contributed by atoms with Crippen LogP contribution in [-0.2, 0) is 4.79 Å². The summed E-state index contributed by atoms with van der Waals surface area (Å²) in [4.78, 5) is 24.5. The number of halogens is 1. The first-order chi connectivity index (χ1) is 13.0. The Bertz CT molecular complexity index is 997. The van der Waals surface area contributed by atoms with Crippen molar-refractivity contribution in [2.75, 3.05) is 12.3 Å². The lowest BCUT2D eigenvalue weighted by Gasteiger charge is -2.07. The molecule has 2 heterocycles. The van der Waals surface area contributed by atoms with E-state index < -0.39 is 0 Å². The summed E-state index contributed by atoms with van der Waals surface area (Å²) in [5, 5.41) is 11.3. The molecule has 0 saturated heterocycles. The number of carbonyl (C=O) groups is 1. The lowest BCUT2D eigenvalue weighted by Crippen LogP contribution is -2.27. The van der Waals surface area contributed by atoms with Gasteiger partial charge in [-0.05, 0) is 36.6 Å². The van der Waals surface area contributed by atoms with E-state index in [1.165, 1.54) is 40.6 Å². The highest BCUT2D eigenvalue weighted by Gasteiger charge is 2.13. The molecule has 0 aliphatic carbocycles. The first-order valence-corrected chi connectivity index (χ1v) is 9.56. The maximum Gasteiger partial charge on any atom is 0.300 e. The molecule has 3 aromatic rings. The van der Waals surface area contributed by atoms with Gasteiger partial charge in [-0.15, -0.1) is 10.2 Å². The Hall–Kier alpha value is -2.68. The van der Waals surface area contributed by atoms with Gasteiger partial charge in [0.15, 0.2) is 5.16 Å². The van der Waals surface area contributed by atoms with E-state index in [1.54, 1.807) is 16.8 Å². The molecule has 0 radical (unpaired) electrons. The molecule has 1 aromatic carbocycles. The van der Waals surface area contributed by atoms with Crippen molar-refractivity contribution >= 4 is 23.3 Å². The molecule has 0 atom stereocenters. The molecule has 0 aliphatic rings. The van der Waals surface area contributed by atoms with Crippen molar-refractivity contribution in [3.8, 4) is 5.69 Å². The summed E-state index contributed by atoms with van der Waals surface area (Å²) in [5.74, 6) is 0.263. The zero-order valence-electron chi connectivity index (χ0n) is 15.1. The van der Waals surface area contributed by atoms with Gasteiger partial charge < -0.3 is 5.32 Å². The molecule has 0 unspecified atom stereocenters. The predicted octanol–water partition coefficient (Wildman–Crippen LogP) is 2.27.